The molecule has 0 bridgehead atoms. The summed E-state index contributed by atoms with van der Waals surface area (Å²) >= 11 is 0. The van der Waals surface area contributed by atoms with E-state index in [0.717, 1.165) is 11.3 Å². The molecule has 0 N–H and O–H groups in total. The molecule has 0 saturated carbocycles. The van der Waals surface area contributed by atoms with Gasteiger partial charge in [-0.05, 0) is 44.5 Å². The Kier molecular flexibility index (Phi) is 3.67. The number of rotatable bonds is 3. The van der Waals surface area contributed by atoms with Gasteiger partial charge in [-0.2, -0.15) is 0 Å². The van der Waals surface area contributed by atoms with Gasteiger partial charge in [-0.15, -0.1) is 0 Å². The Morgan fingerprint density at radius 2 is 2.07 bits per heavy atom. The van der Waals surface area contributed by atoms with Crippen LogP contribution in [0.3, 0.4) is 0 Å². The molecule has 1 aromatic rings. The van der Waals surface area contributed by atoms with E-state index in [-0.39, 0.29) is 5.60 Å². The second-order valence-electron chi connectivity index (χ2n) is 4.24. The lowest BCUT2D eigenvalue weighted by atomic mass is 10.1. The molecule has 0 aliphatic rings. The van der Waals surface area contributed by atoms with Crippen molar-refractivity contribution in [2.24, 2.45) is 0 Å². The predicted molar refractivity (Wildman–Crippen MR) is 61.6 cm³/mol. The summed E-state index contributed by atoms with van der Waals surface area (Å²) in [6.45, 7) is 5.98. The van der Waals surface area contributed by atoms with E-state index in [9.17, 15) is 4.79 Å². The quantitative estimate of drug-likeness (QED) is 0.706. The first kappa shape index (κ1) is 11.5. The Labute approximate surface area is 90.6 Å². The molecule has 0 aliphatic carbocycles. The van der Waals surface area contributed by atoms with Crippen LogP contribution in [-0.4, -0.2) is 11.9 Å². The van der Waals surface area contributed by atoms with Crippen molar-refractivity contribution in [2.75, 3.05) is 0 Å². The van der Waals surface area contributed by atoms with E-state index in [0.29, 0.717) is 0 Å². The molecule has 0 unspecified atom stereocenters. The SMILES string of the molecule is CC(C)(C)Oc1cccc(/C=C/[C]=O)c1. The smallest absolute Gasteiger partial charge is 0.225 e. The molecule has 0 atom stereocenters. The molecular weight excluding hydrogens is 188 g/mol. The molecule has 0 aliphatic heterocycles. The monoisotopic (exact) mass is 203 g/mol. The van der Waals surface area contributed by atoms with Crippen molar-refractivity contribution in [1.82, 2.24) is 0 Å². The van der Waals surface area contributed by atoms with Crippen molar-refractivity contribution in [3.63, 3.8) is 0 Å². The second-order valence-corrected chi connectivity index (χ2v) is 4.24. The molecule has 1 radical (unpaired) electrons. The summed E-state index contributed by atoms with van der Waals surface area (Å²) in [4.78, 5) is 10.0. The van der Waals surface area contributed by atoms with Crippen LogP contribution in [0.4, 0.5) is 0 Å². The molecule has 0 saturated heterocycles. The van der Waals surface area contributed by atoms with Crippen LogP contribution in [0.25, 0.3) is 6.08 Å². The van der Waals surface area contributed by atoms with E-state index in [4.69, 9.17) is 4.74 Å². The van der Waals surface area contributed by atoms with Crippen LogP contribution >= 0.6 is 0 Å². The Hall–Kier alpha value is -1.57. The van der Waals surface area contributed by atoms with Crippen molar-refractivity contribution in [3.05, 3.63) is 35.9 Å². The zero-order valence-corrected chi connectivity index (χ0v) is 9.28. The number of ether oxygens (including phenoxy) is 1. The van der Waals surface area contributed by atoms with E-state index < -0.39 is 0 Å². The summed E-state index contributed by atoms with van der Waals surface area (Å²) in [6, 6.07) is 7.58. The first-order valence-electron chi connectivity index (χ1n) is 4.84. The highest BCUT2D eigenvalue weighted by atomic mass is 16.5. The van der Waals surface area contributed by atoms with E-state index in [1.165, 1.54) is 6.08 Å². The fourth-order valence-electron chi connectivity index (χ4n) is 1.17. The zero-order valence-electron chi connectivity index (χ0n) is 9.28. The number of benzene rings is 1. The predicted octanol–water partition coefficient (Wildman–Crippen LogP) is 2.99. The van der Waals surface area contributed by atoms with Gasteiger partial charge in [-0.1, -0.05) is 18.2 Å². The zero-order chi connectivity index (χ0) is 11.3. The number of carbonyl (C=O) groups excluding carboxylic acids is 1. The summed E-state index contributed by atoms with van der Waals surface area (Å²) in [5.41, 5.74) is 0.721. The molecule has 0 fully saturated rings. The van der Waals surface area contributed by atoms with Gasteiger partial charge >= 0.3 is 0 Å². The van der Waals surface area contributed by atoms with Gasteiger partial charge in [0, 0.05) is 0 Å². The van der Waals surface area contributed by atoms with Crippen molar-refractivity contribution in [1.29, 1.82) is 0 Å². The van der Waals surface area contributed by atoms with Crippen molar-refractivity contribution in [2.45, 2.75) is 26.4 Å². The van der Waals surface area contributed by atoms with Gasteiger partial charge in [0.25, 0.3) is 0 Å². The van der Waals surface area contributed by atoms with Crippen molar-refractivity contribution >= 4 is 12.4 Å². The molecule has 2 heteroatoms. The van der Waals surface area contributed by atoms with Gasteiger partial charge in [0.2, 0.25) is 6.29 Å². The van der Waals surface area contributed by atoms with Gasteiger partial charge in [-0.25, -0.2) is 0 Å². The Bertz CT molecular complexity index is 359. The maximum atomic E-state index is 10.0. The fourth-order valence-corrected chi connectivity index (χ4v) is 1.17. The molecule has 0 spiro atoms. The normalized spacial score (nSPS) is 11.7. The van der Waals surface area contributed by atoms with Crippen LogP contribution in [0, 0.1) is 0 Å². The molecular formula is C13H15O2. The summed E-state index contributed by atoms with van der Waals surface area (Å²) in [5, 5.41) is 0. The summed E-state index contributed by atoms with van der Waals surface area (Å²) in [6.07, 6.45) is 4.75. The lowest BCUT2D eigenvalue weighted by Gasteiger charge is -2.21. The minimum Gasteiger partial charge on any atom is -0.488 e. The lowest BCUT2D eigenvalue weighted by Crippen LogP contribution is -2.22. The van der Waals surface area contributed by atoms with Crippen molar-refractivity contribution < 1.29 is 9.53 Å². The van der Waals surface area contributed by atoms with Crippen LogP contribution in [0.5, 0.6) is 5.75 Å². The molecule has 0 amide bonds. The minimum atomic E-state index is -0.209. The first-order valence-corrected chi connectivity index (χ1v) is 4.84. The fraction of sp³-hybridized carbons (Fsp3) is 0.308. The number of allylic oxidation sites excluding steroid dienone is 1. The van der Waals surface area contributed by atoms with Crippen LogP contribution in [0.2, 0.25) is 0 Å². The number of hydrogen-bond donors (Lipinski definition) is 0. The van der Waals surface area contributed by atoms with Gasteiger partial charge in [0.1, 0.15) is 11.4 Å². The van der Waals surface area contributed by atoms with Gasteiger partial charge in [-0.3, -0.25) is 4.79 Å². The third-order valence-corrected chi connectivity index (χ3v) is 1.63. The van der Waals surface area contributed by atoms with Gasteiger partial charge in [0.05, 0.1) is 0 Å². The van der Waals surface area contributed by atoms with Crippen LogP contribution < -0.4 is 4.74 Å². The lowest BCUT2D eigenvalue weighted by molar-refractivity contribution is 0.131. The number of hydrogen-bond acceptors (Lipinski definition) is 2. The van der Waals surface area contributed by atoms with Crippen molar-refractivity contribution in [3.8, 4) is 5.75 Å². The average Bonchev–Trinajstić information content (AvgIpc) is 2.12. The van der Waals surface area contributed by atoms with E-state index >= 15 is 0 Å². The summed E-state index contributed by atoms with van der Waals surface area (Å²) in [5.74, 6) is 0.801. The third kappa shape index (κ3) is 4.45. The largest absolute Gasteiger partial charge is 0.488 e. The summed E-state index contributed by atoms with van der Waals surface area (Å²) < 4.78 is 5.69. The van der Waals surface area contributed by atoms with Crippen LogP contribution in [0.15, 0.2) is 30.3 Å². The second kappa shape index (κ2) is 4.78. The molecule has 2 nitrogen and oxygen atoms in total. The minimum absolute atomic E-state index is 0.209. The standard InChI is InChI=1S/C13H15O2/c1-13(2,3)15-12-8-4-6-11(10-12)7-5-9-14/h4-8,10H,1-3H3/b7-5+. The van der Waals surface area contributed by atoms with E-state index in [1.54, 1.807) is 12.4 Å². The maximum absolute atomic E-state index is 10.0. The first-order chi connectivity index (χ1) is 7.01. The molecule has 79 valence electrons. The Balaban J connectivity index is 2.83. The highest BCUT2D eigenvalue weighted by Crippen LogP contribution is 2.19. The average molecular weight is 203 g/mol. The topological polar surface area (TPSA) is 26.3 Å². The van der Waals surface area contributed by atoms with Crippen LogP contribution in [0.1, 0.15) is 26.3 Å². The Morgan fingerprint density at radius 3 is 2.67 bits per heavy atom. The van der Waals surface area contributed by atoms with Crippen LogP contribution in [-0.2, 0) is 4.79 Å². The molecule has 0 aromatic heterocycles. The molecule has 1 aromatic carbocycles. The highest BCUT2D eigenvalue weighted by Gasteiger charge is 2.11. The molecule has 15 heavy (non-hydrogen) atoms. The summed E-state index contributed by atoms with van der Waals surface area (Å²) in [7, 11) is 0. The Morgan fingerprint density at radius 1 is 1.33 bits per heavy atom. The van der Waals surface area contributed by atoms with E-state index in [1.807, 2.05) is 45.0 Å². The molecule has 1 rings (SSSR count). The maximum Gasteiger partial charge on any atom is 0.225 e. The third-order valence-electron chi connectivity index (χ3n) is 1.63. The van der Waals surface area contributed by atoms with Gasteiger partial charge in [0.15, 0.2) is 0 Å². The highest BCUT2D eigenvalue weighted by molar-refractivity contribution is 5.74. The molecule has 0 heterocycles. The van der Waals surface area contributed by atoms with E-state index in [2.05, 4.69) is 0 Å². The van der Waals surface area contributed by atoms with Gasteiger partial charge < -0.3 is 4.74 Å².